The quantitative estimate of drug-likeness (QED) is 0.705. The number of rotatable bonds is 1. The van der Waals surface area contributed by atoms with E-state index in [-0.39, 0.29) is 0 Å². The highest BCUT2D eigenvalue weighted by molar-refractivity contribution is 7.12. The van der Waals surface area contributed by atoms with Gasteiger partial charge < -0.3 is 5.73 Å². The summed E-state index contributed by atoms with van der Waals surface area (Å²) in [5.41, 5.74) is 6.23. The summed E-state index contributed by atoms with van der Waals surface area (Å²) in [7, 11) is 0. The number of aryl methyl sites for hydroxylation is 1. The highest BCUT2D eigenvalue weighted by Gasteiger charge is 2.22. The molecule has 0 radical (unpaired) electrons. The van der Waals surface area contributed by atoms with Gasteiger partial charge in [-0.05, 0) is 31.9 Å². The van der Waals surface area contributed by atoms with Gasteiger partial charge >= 0.3 is 0 Å². The van der Waals surface area contributed by atoms with Gasteiger partial charge in [0.1, 0.15) is 0 Å². The van der Waals surface area contributed by atoms with Crippen LogP contribution in [0.25, 0.3) is 0 Å². The van der Waals surface area contributed by atoms with Crippen molar-refractivity contribution in [2.24, 2.45) is 5.73 Å². The van der Waals surface area contributed by atoms with E-state index in [1.807, 2.05) is 11.3 Å². The van der Waals surface area contributed by atoms with Crippen LogP contribution in [0.15, 0.2) is 12.1 Å². The second kappa shape index (κ2) is 4.45. The standard InChI is InChI=1S/C12H19NS/c1-9-7-8-12(14-9)10-5-3-2-4-6-11(10)13/h7-8,10-11H,2-6,13H2,1H3. The van der Waals surface area contributed by atoms with E-state index < -0.39 is 0 Å². The average Bonchev–Trinajstić information content (AvgIpc) is 2.46. The molecule has 1 heterocycles. The highest BCUT2D eigenvalue weighted by atomic mass is 32.1. The van der Waals surface area contributed by atoms with E-state index in [9.17, 15) is 0 Å². The lowest BCUT2D eigenvalue weighted by Gasteiger charge is -2.19. The fourth-order valence-corrected chi connectivity index (χ4v) is 3.43. The largest absolute Gasteiger partial charge is 0.327 e. The second-order valence-electron chi connectivity index (χ2n) is 4.36. The first-order chi connectivity index (χ1) is 6.77. The van der Waals surface area contributed by atoms with Crippen molar-refractivity contribution in [3.05, 3.63) is 21.9 Å². The lowest BCUT2D eigenvalue weighted by molar-refractivity contribution is 0.511. The molecule has 14 heavy (non-hydrogen) atoms. The van der Waals surface area contributed by atoms with Crippen molar-refractivity contribution in [1.29, 1.82) is 0 Å². The van der Waals surface area contributed by atoms with Gasteiger partial charge in [-0.3, -0.25) is 0 Å². The van der Waals surface area contributed by atoms with E-state index in [0.29, 0.717) is 12.0 Å². The summed E-state index contributed by atoms with van der Waals surface area (Å²) in [5.74, 6) is 0.635. The smallest absolute Gasteiger partial charge is 0.0116 e. The molecule has 0 saturated heterocycles. The molecule has 1 nitrogen and oxygen atoms in total. The van der Waals surface area contributed by atoms with Crippen molar-refractivity contribution < 1.29 is 0 Å². The van der Waals surface area contributed by atoms with Gasteiger partial charge in [-0.2, -0.15) is 0 Å². The molecule has 0 bridgehead atoms. The maximum absolute atomic E-state index is 6.23. The molecule has 2 heteroatoms. The van der Waals surface area contributed by atoms with E-state index in [1.165, 1.54) is 41.9 Å². The molecule has 1 aliphatic carbocycles. The van der Waals surface area contributed by atoms with Gasteiger partial charge in [-0.25, -0.2) is 0 Å². The maximum atomic E-state index is 6.23. The molecule has 1 fully saturated rings. The summed E-state index contributed by atoms with van der Waals surface area (Å²) >= 11 is 1.93. The minimum Gasteiger partial charge on any atom is -0.327 e. The van der Waals surface area contributed by atoms with Crippen LogP contribution in [0, 0.1) is 6.92 Å². The Morgan fingerprint density at radius 1 is 1.21 bits per heavy atom. The van der Waals surface area contributed by atoms with Crippen molar-refractivity contribution >= 4 is 11.3 Å². The third-order valence-corrected chi connectivity index (χ3v) is 4.33. The highest BCUT2D eigenvalue weighted by Crippen LogP contribution is 2.34. The van der Waals surface area contributed by atoms with Crippen LogP contribution in [0.4, 0.5) is 0 Å². The number of hydrogen-bond donors (Lipinski definition) is 1. The van der Waals surface area contributed by atoms with Crippen molar-refractivity contribution in [3.63, 3.8) is 0 Å². The summed E-state index contributed by atoms with van der Waals surface area (Å²) in [4.78, 5) is 2.92. The van der Waals surface area contributed by atoms with Crippen molar-refractivity contribution in [2.75, 3.05) is 0 Å². The Bertz CT molecular complexity index is 292. The Hall–Kier alpha value is -0.340. The normalized spacial score (nSPS) is 28.7. The Balaban J connectivity index is 2.14. The first-order valence-electron chi connectivity index (χ1n) is 5.59. The van der Waals surface area contributed by atoms with Crippen molar-refractivity contribution in [2.45, 2.75) is 51.0 Å². The lowest BCUT2D eigenvalue weighted by Crippen LogP contribution is -2.26. The average molecular weight is 209 g/mol. The second-order valence-corrected chi connectivity index (χ2v) is 5.68. The molecule has 0 aliphatic heterocycles. The summed E-state index contributed by atoms with van der Waals surface area (Å²) in [6, 6.07) is 4.89. The molecular formula is C12H19NS. The van der Waals surface area contributed by atoms with Gasteiger partial charge in [0.2, 0.25) is 0 Å². The molecule has 1 saturated carbocycles. The first-order valence-corrected chi connectivity index (χ1v) is 6.41. The topological polar surface area (TPSA) is 26.0 Å². The van der Waals surface area contributed by atoms with Crippen LogP contribution in [0.2, 0.25) is 0 Å². The van der Waals surface area contributed by atoms with Crippen LogP contribution in [-0.2, 0) is 0 Å². The fraction of sp³-hybridized carbons (Fsp3) is 0.667. The molecule has 2 unspecified atom stereocenters. The zero-order valence-corrected chi connectivity index (χ0v) is 9.65. The molecule has 0 spiro atoms. The zero-order valence-electron chi connectivity index (χ0n) is 8.83. The Kier molecular flexibility index (Phi) is 3.24. The van der Waals surface area contributed by atoms with Gasteiger partial charge in [-0.15, -0.1) is 11.3 Å². The third kappa shape index (κ3) is 2.18. The monoisotopic (exact) mass is 209 g/mol. The first kappa shape index (κ1) is 10.2. The molecule has 2 N–H and O–H groups in total. The Morgan fingerprint density at radius 2 is 2.00 bits per heavy atom. The maximum Gasteiger partial charge on any atom is 0.0116 e. The van der Waals surface area contributed by atoms with E-state index in [4.69, 9.17) is 5.73 Å². The molecular weight excluding hydrogens is 190 g/mol. The Morgan fingerprint density at radius 3 is 2.71 bits per heavy atom. The molecule has 1 aromatic rings. The number of hydrogen-bond acceptors (Lipinski definition) is 2. The van der Waals surface area contributed by atoms with Crippen molar-refractivity contribution in [1.82, 2.24) is 0 Å². The van der Waals surface area contributed by atoms with Crippen LogP contribution in [0.5, 0.6) is 0 Å². The van der Waals surface area contributed by atoms with E-state index in [1.54, 1.807) is 0 Å². The minimum absolute atomic E-state index is 0.399. The van der Waals surface area contributed by atoms with E-state index in [0.717, 1.165) is 0 Å². The van der Waals surface area contributed by atoms with Crippen LogP contribution in [0.1, 0.15) is 47.8 Å². The fourth-order valence-electron chi connectivity index (χ4n) is 2.34. The predicted octanol–water partition coefficient (Wildman–Crippen LogP) is 3.43. The molecule has 1 aliphatic rings. The van der Waals surface area contributed by atoms with Gasteiger partial charge in [0, 0.05) is 21.7 Å². The molecule has 1 aromatic heterocycles. The number of nitrogens with two attached hydrogens (primary N) is 1. The van der Waals surface area contributed by atoms with Gasteiger partial charge in [0.05, 0.1) is 0 Å². The van der Waals surface area contributed by atoms with Crippen LogP contribution < -0.4 is 5.73 Å². The molecule has 2 atom stereocenters. The van der Waals surface area contributed by atoms with E-state index >= 15 is 0 Å². The third-order valence-electron chi connectivity index (χ3n) is 3.20. The van der Waals surface area contributed by atoms with Crippen LogP contribution in [0.3, 0.4) is 0 Å². The SMILES string of the molecule is Cc1ccc(C2CCCCCC2N)s1. The minimum atomic E-state index is 0.399. The predicted molar refractivity (Wildman–Crippen MR) is 62.9 cm³/mol. The molecule has 78 valence electrons. The summed E-state index contributed by atoms with van der Waals surface area (Å²) in [6.45, 7) is 2.18. The van der Waals surface area contributed by atoms with E-state index in [2.05, 4.69) is 19.1 Å². The van der Waals surface area contributed by atoms with Crippen molar-refractivity contribution in [3.8, 4) is 0 Å². The molecule has 0 amide bonds. The molecule has 2 rings (SSSR count). The zero-order chi connectivity index (χ0) is 9.97. The van der Waals surface area contributed by atoms with Gasteiger partial charge in [0.25, 0.3) is 0 Å². The summed E-state index contributed by atoms with van der Waals surface area (Å²) < 4.78 is 0. The lowest BCUT2D eigenvalue weighted by atomic mass is 9.94. The van der Waals surface area contributed by atoms with Crippen LogP contribution >= 0.6 is 11.3 Å². The number of thiophene rings is 1. The van der Waals surface area contributed by atoms with Crippen LogP contribution in [-0.4, -0.2) is 6.04 Å². The summed E-state index contributed by atoms with van der Waals surface area (Å²) in [5, 5.41) is 0. The summed E-state index contributed by atoms with van der Waals surface area (Å²) in [6.07, 6.45) is 6.55. The van der Waals surface area contributed by atoms with Gasteiger partial charge in [-0.1, -0.05) is 19.3 Å². The Labute approximate surface area is 90.3 Å². The van der Waals surface area contributed by atoms with Gasteiger partial charge in [0.15, 0.2) is 0 Å². The molecule has 0 aromatic carbocycles.